The van der Waals surface area contributed by atoms with Gasteiger partial charge in [0.15, 0.2) is 5.16 Å². The summed E-state index contributed by atoms with van der Waals surface area (Å²) in [7, 11) is 1.63. The maximum Gasteiger partial charge on any atom is 0.313 e. The predicted octanol–water partition coefficient (Wildman–Crippen LogP) is 1.90. The fraction of sp³-hybridized carbons (Fsp3) is 0.308. The monoisotopic (exact) mass is 293 g/mol. The lowest BCUT2D eigenvalue weighted by atomic mass is 10.2. The lowest BCUT2D eigenvalue weighted by molar-refractivity contribution is -0.133. The van der Waals surface area contributed by atoms with Gasteiger partial charge in [0.25, 0.3) is 0 Å². The van der Waals surface area contributed by atoms with Crippen molar-refractivity contribution in [3.05, 3.63) is 35.7 Å². The lowest BCUT2D eigenvalue weighted by Crippen LogP contribution is -2.06. The van der Waals surface area contributed by atoms with E-state index in [4.69, 9.17) is 9.84 Å². The molecule has 0 aliphatic rings. The molecule has 20 heavy (non-hydrogen) atoms. The number of aliphatic carboxylic acids is 1. The van der Waals surface area contributed by atoms with Crippen LogP contribution in [0.15, 0.2) is 29.4 Å². The highest BCUT2D eigenvalue weighted by atomic mass is 32.2. The summed E-state index contributed by atoms with van der Waals surface area (Å²) in [5, 5.41) is 17.4. The van der Waals surface area contributed by atoms with Crippen LogP contribution in [0, 0.1) is 6.92 Å². The van der Waals surface area contributed by atoms with Gasteiger partial charge in [-0.3, -0.25) is 9.36 Å². The fourth-order valence-corrected chi connectivity index (χ4v) is 2.56. The Kier molecular flexibility index (Phi) is 4.75. The van der Waals surface area contributed by atoms with Crippen molar-refractivity contribution in [2.45, 2.75) is 18.7 Å². The molecule has 1 heterocycles. The molecule has 0 aliphatic carbocycles. The molecule has 1 aromatic heterocycles. The summed E-state index contributed by atoms with van der Waals surface area (Å²) in [6, 6.07) is 7.75. The molecule has 1 N–H and O–H groups in total. The van der Waals surface area contributed by atoms with Gasteiger partial charge in [0.2, 0.25) is 0 Å². The van der Waals surface area contributed by atoms with Gasteiger partial charge in [-0.1, -0.05) is 30.0 Å². The number of hydrogen-bond acceptors (Lipinski definition) is 5. The number of aryl methyl sites for hydroxylation is 1. The molecular weight excluding hydrogens is 278 g/mol. The zero-order valence-corrected chi connectivity index (χ0v) is 12.1. The number of thioether (sulfide) groups is 1. The van der Waals surface area contributed by atoms with Crippen LogP contribution >= 0.6 is 11.8 Å². The molecule has 0 spiro atoms. The van der Waals surface area contributed by atoms with E-state index in [0.717, 1.165) is 23.0 Å². The molecule has 6 nitrogen and oxygen atoms in total. The van der Waals surface area contributed by atoms with Crippen molar-refractivity contribution >= 4 is 17.7 Å². The highest BCUT2D eigenvalue weighted by Gasteiger charge is 2.15. The summed E-state index contributed by atoms with van der Waals surface area (Å²) in [5.41, 5.74) is 1.90. The Balaban J connectivity index is 2.41. The van der Waals surface area contributed by atoms with Gasteiger partial charge < -0.3 is 9.84 Å². The smallest absolute Gasteiger partial charge is 0.313 e. The lowest BCUT2D eigenvalue weighted by Gasteiger charge is -2.12. The van der Waals surface area contributed by atoms with E-state index in [-0.39, 0.29) is 5.75 Å². The molecule has 7 heteroatoms. The van der Waals surface area contributed by atoms with Crippen LogP contribution in [0.2, 0.25) is 0 Å². The van der Waals surface area contributed by atoms with Crippen LogP contribution in [0.25, 0.3) is 5.69 Å². The molecule has 2 aromatic rings. The number of carboxylic acids is 1. The summed E-state index contributed by atoms with van der Waals surface area (Å²) >= 11 is 1.15. The third-order valence-corrected chi connectivity index (χ3v) is 3.57. The Morgan fingerprint density at radius 3 is 2.85 bits per heavy atom. The summed E-state index contributed by atoms with van der Waals surface area (Å²) in [4.78, 5) is 10.7. The maximum atomic E-state index is 10.7. The van der Waals surface area contributed by atoms with Crippen LogP contribution in [0.4, 0.5) is 0 Å². The molecule has 0 saturated carbocycles. The number of ether oxygens (including phenoxy) is 1. The summed E-state index contributed by atoms with van der Waals surface area (Å²) in [6.07, 6.45) is 0. The second-order valence-electron chi connectivity index (χ2n) is 4.11. The number of carbonyl (C=O) groups is 1. The largest absolute Gasteiger partial charge is 0.481 e. The highest BCUT2D eigenvalue weighted by molar-refractivity contribution is 7.99. The topological polar surface area (TPSA) is 77.2 Å². The molecule has 0 saturated heterocycles. The van der Waals surface area contributed by atoms with Crippen LogP contribution < -0.4 is 0 Å². The zero-order chi connectivity index (χ0) is 14.5. The minimum absolute atomic E-state index is 0.0510. The van der Waals surface area contributed by atoms with Crippen LogP contribution in [0.1, 0.15) is 11.4 Å². The third-order valence-electron chi connectivity index (χ3n) is 2.65. The van der Waals surface area contributed by atoms with E-state index in [2.05, 4.69) is 10.2 Å². The van der Waals surface area contributed by atoms with Crippen molar-refractivity contribution in [2.24, 2.45) is 0 Å². The number of benzene rings is 1. The molecular formula is C13H15N3O3S. The number of aromatic nitrogens is 3. The van der Waals surface area contributed by atoms with E-state index >= 15 is 0 Å². The average molecular weight is 293 g/mol. The first-order chi connectivity index (χ1) is 9.63. The maximum absolute atomic E-state index is 10.7. The minimum atomic E-state index is -0.882. The predicted molar refractivity (Wildman–Crippen MR) is 75.2 cm³/mol. The summed E-state index contributed by atoms with van der Waals surface area (Å²) in [6.45, 7) is 2.30. The highest BCUT2D eigenvalue weighted by Crippen LogP contribution is 2.24. The Morgan fingerprint density at radius 1 is 1.40 bits per heavy atom. The van der Waals surface area contributed by atoms with Crippen molar-refractivity contribution in [3.63, 3.8) is 0 Å². The van der Waals surface area contributed by atoms with Crippen molar-refractivity contribution < 1.29 is 14.6 Å². The van der Waals surface area contributed by atoms with Gasteiger partial charge in [-0.15, -0.1) is 10.2 Å². The zero-order valence-electron chi connectivity index (χ0n) is 11.2. The minimum Gasteiger partial charge on any atom is -0.481 e. The number of hydrogen-bond donors (Lipinski definition) is 1. The second kappa shape index (κ2) is 6.53. The molecule has 0 unspecified atom stereocenters. The number of carboxylic acid groups (broad SMARTS) is 1. The molecule has 2 rings (SSSR count). The number of rotatable bonds is 6. The number of methoxy groups -OCH3 is 1. The van der Waals surface area contributed by atoms with Crippen molar-refractivity contribution in [2.75, 3.05) is 12.9 Å². The standard InChI is InChI=1S/C13H15N3O3S/c1-9-14-15-13(20-8-12(17)18)16(9)11-6-4-3-5-10(11)7-19-2/h3-6H,7-8H2,1-2H3,(H,17,18). The molecule has 0 bridgehead atoms. The van der Waals surface area contributed by atoms with Gasteiger partial charge in [-0.2, -0.15) is 0 Å². The van der Waals surface area contributed by atoms with E-state index in [1.54, 1.807) is 7.11 Å². The van der Waals surface area contributed by atoms with Gasteiger partial charge in [0.1, 0.15) is 5.82 Å². The van der Waals surface area contributed by atoms with Crippen molar-refractivity contribution in [1.82, 2.24) is 14.8 Å². The van der Waals surface area contributed by atoms with Gasteiger partial charge in [0.05, 0.1) is 18.0 Å². The molecule has 0 aliphatic heterocycles. The first-order valence-corrected chi connectivity index (χ1v) is 6.96. The van der Waals surface area contributed by atoms with E-state index < -0.39 is 5.97 Å². The Bertz CT molecular complexity index is 613. The molecule has 0 fully saturated rings. The van der Waals surface area contributed by atoms with Crippen LogP contribution in [0.5, 0.6) is 0 Å². The van der Waals surface area contributed by atoms with Crippen molar-refractivity contribution in [3.8, 4) is 5.69 Å². The van der Waals surface area contributed by atoms with E-state index in [9.17, 15) is 4.79 Å². The van der Waals surface area contributed by atoms with Gasteiger partial charge in [-0.05, 0) is 13.0 Å². The third kappa shape index (κ3) is 3.17. The molecule has 1 aromatic carbocycles. The first-order valence-electron chi connectivity index (χ1n) is 5.97. The molecule has 0 atom stereocenters. The number of nitrogens with zero attached hydrogens (tertiary/aromatic N) is 3. The first kappa shape index (κ1) is 14.5. The molecule has 106 valence electrons. The number of para-hydroxylation sites is 1. The van der Waals surface area contributed by atoms with Crippen LogP contribution in [0.3, 0.4) is 0 Å². The van der Waals surface area contributed by atoms with Gasteiger partial charge >= 0.3 is 5.97 Å². The Labute approximate surface area is 120 Å². The SMILES string of the molecule is COCc1ccccc1-n1c(C)nnc1SCC(=O)O. The van der Waals surface area contributed by atoms with Crippen LogP contribution in [-0.4, -0.2) is 38.7 Å². The summed E-state index contributed by atoms with van der Waals surface area (Å²) < 4.78 is 7.04. The van der Waals surface area contributed by atoms with Crippen molar-refractivity contribution in [1.29, 1.82) is 0 Å². The Morgan fingerprint density at radius 2 is 2.15 bits per heavy atom. The second-order valence-corrected chi connectivity index (χ2v) is 5.05. The molecule has 0 radical (unpaired) electrons. The van der Waals surface area contributed by atoms with E-state index in [1.165, 1.54) is 0 Å². The van der Waals surface area contributed by atoms with E-state index in [0.29, 0.717) is 17.6 Å². The summed E-state index contributed by atoms with van der Waals surface area (Å²) in [5.74, 6) is -0.223. The van der Waals surface area contributed by atoms with E-state index in [1.807, 2.05) is 35.8 Å². The quantitative estimate of drug-likeness (QED) is 0.820. The molecule has 0 amide bonds. The Hall–Kier alpha value is -1.86. The average Bonchev–Trinajstić information content (AvgIpc) is 2.79. The normalized spacial score (nSPS) is 10.7. The van der Waals surface area contributed by atoms with Gasteiger partial charge in [0, 0.05) is 12.7 Å². The fourth-order valence-electron chi connectivity index (χ4n) is 1.85. The van der Waals surface area contributed by atoms with Crippen LogP contribution in [-0.2, 0) is 16.1 Å². The van der Waals surface area contributed by atoms with Gasteiger partial charge in [-0.25, -0.2) is 0 Å².